The van der Waals surface area contributed by atoms with Crippen LogP contribution in [0.2, 0.25) is 0 Å². The smallest absolute Gasteiger partial charge is 0.396 e. The molecule has 0 atom stereocenters. The molecule has 0 amide bonds. The summed E-state index contributed by atoms with van der Waals surface area (Å²) in [6, 6.07) is 5.50. The van der Waals surface area contributed by atoms with Gasteiger partial charge in [-0.3, -0.25) is 0 Å². The fourth-order valence-corrected chi connectivity index (χ4v) is 1.21. The van der Waals surface area contributed by atoms with Crippen LogP contribution in [0.1, 0.15) is 17.6 Å². The molecular weight excluding hydrogens is 227 g/mol. The van der Waals surface area contributed by atoms with E-state index < -0.39 is 5.97 Å². The van der Waals surface area contributed by atoms with Gasteiger partial charge in [-0.2, -0.15) is 0 Å². The predicted molar refractivity (Wildman–Crippen MR) is 55.6 cm³/mol. The molecule has 5 nitrogen and oxygen atoms in total. The van der Waals surface area contributed by atoms with Crippen molar-refractivity contribution in [2.75, 3.05) is 6.61 Å². The zero-order valence-electron chi connectivity index (χ0n) is 9.01. The van der Waals surface area contributed by atoms with Gasteiger partial charge in [-0.15, -0.1) is 10.2 Å². The van der Waals surface area contributed by atoms with Crippen LogP contribution in [0.4, 0.5) is 4.39 Å². The van der Waals surface area contributed by atoms with Gasteiger partial charge in [-0.1, -0.05) is 0 Å². The molecule has 1 aromatic carbocycles. The number of rotatable bonds is 3. The van der Waals surface area contributed by atoms with Crippen LogP contribution in [0.5, 0.6) is 0 Å². The Morgan fingerprint density at radius 3 is 2.71 bits per heavy atom. The van der Waals surface area contributed by atoms with Gasteiger partial charge in [0.1, 0.15) is 5.82 Å². The van der Waals surface area contributed by atoms with Gasteiger partial charge in [0.2, 0.25) is 5.89 Å². The lowest BCUT2D eigenvalue weighted by molar-refractivity contribution is 0.0481. The summed E-state index contributed by atoms with van der Waals surface area (Å²) in [4.78, 5) is 11.3. The third-order valence-corrected chi connectivity index (χ3v) is 1.97. The monoisotopic (exact) mass is 236 g/mol. The minimum absolute atomic E-state index is 0.146. The van der Waals surface area contributed by atoms with Crippen molar-refractivity contribution in [2.24, 2.45) is 0 Å². The summed E-state index contributed by atoms with van der Waals surface area (Å²) < 4.78 is 22.5. The SMILES string of the molecule is CCOC(=O)c1nnc(-c2ccc(F)cc2)o1. The highest BCUT2D eigenvalue weighted by Gasteiger charge is 2.16. The Bertz CT molecular complexity index is 522. The molecule has 0 aliphatic heterocycles. The minimum atomic E-state index is -0.673. The summed E-state index contributed by atoms with van der Waals surface area (Å²) >= 11 is 0. The highest BCUT2D eigenvalue weighted by molar-refractivity contribution is 5.84. The molecule has 6 heteroatoms. The fourth-order valence-electron chi connectivity index (χ4n) is 1.21. The number of esters is 1. The Morgan fingerprint density at radius 1 is 1.35 bits per heavy atom. The van der Waals surface area contributed by atoms with E-state index in [9.17, 15) is 9.18 Å². The van der Waals surface area contributed by atoms with E-state index in [1.807, 2.05) is 0 Å². The van der Waals surface area contributed by atoms with Crippen LogP contribution in [-0.2, 0) is 4.74 Å². The van der Waals surface area contributed by atoms with E-state index in [1.54, 1.807) is 6.92 Å². The van der Waals surface area contributed by atoms with Crippen LogP contribution in [-0.4, -0.2) is 22.8 Å². The Balaban J connectivity index is 2.23. The zero-order chi connectivity index (χ0) is 12.3. The van der Waals surface area contributed by atoms with Crippen molar-refractivity contribution in [1.29, 1.82) is 0 Å². The van der Waals surface area contributed by atoms with Crippen LogP contribution < -0.4 is 0 Å². The number of hydrogen-bond donors (Lipinski definition) is 0. The van der Waals surface area contributed by atoms with E-state index >= 15 is 0 Å². The molecule has 0 aliphatic carbocycles. The first kappa shape index (κ1) is 11.3. The van der Waals surface area contributed by atoms with Crippen LogP contribution in [0.15, 0.2) is 28.7 Å². The lowest BCUT2D eigenvalue weighted by atomic mass is 10.2. The minimum Gasteiger partial charge on any atom is -0.459 e. The van der Waals surface area contributed by atoms with Gasteiger partial charge in [0.15, 0.2) is 0 Å². The lowest BCUT2D eigenvalue weighted by Crippen LogP contribution is -2.04. The van der Waals surface area contributed by atoms with E-state index in [2.05, 4.69) is 10.2 Å². The van der Waals surface area contributed by atoms with Gasteiger partial charge < -0.3 is 9.15 Å². The molecule has 2 aromatic rings. The van der Waals surface area contributed by atoms with Crippen LogP contribution >= 0.6 is 0 Å². The fraction of sp³-hybridized carbons (Fsp3) is 0.182. The molecular formula is C11H9FN2O3. The van der Waals surface area contributed by atoms with Gasteiger partial charge in [0.05, 0.1) is 6.61 Å². The van der Waals surface area contributed by atoms with Crippen LogP contribution in [0.25, 0.3) is 11.5 Å². The van der Waals surface area contributed by atoms with Gasteiger partial charge in [-0.25, -0.2) is 9.18 Å². The second-order valence-corrected chi connectivity index (χ2v) is 3.14. The number of hydrogen-bond acceptors (Lipinski definition) is 5. The summed E-state index contributed by atoms with van der Waals surface area (Å²) in [5.41, 5.74) is 0.537. The molecule has 0 N–H and O–H groups in total. The first-order chi connectivity index (χ1) is 8.20. The van der Waals surface area contributed by atoms with Crippen molar-refractivity contribution in [3.8, 4) is 11.5 Å². The standard InChI is InChI=1S/C11H9FN2O3/c1-2-16-11(15)10-14-13-9(17-10)7-3-5-8(12)6-4-7/h3-6H,2H2,1H3. The molecule has 0 radical (unpaired) electrons. The van der Waals surface area contributed by atoms with Crippen molar-refractivity contribution in [1.82, 2.24) is 10.2 Å². The average molecular weight is 236 g/mol. The summed E-state index contributed by atoms with van der Waals surface area (Å²) in [6.07, 6.45) is 0. The molecule has 0 spiro atoms. The van der Waals surface area contributed by atoms with Gasteiger partial charge in [0.25, 0.3) is 0 Å². The highest BCUT2D eigenvalue weighted by atomic mass is 19.1. The van der Waals surface area contributed by atoms with Crippen molar-refractivity contribution in [2.45, 2.75) is 6.92 Å². The Hall–Kier alpha value is -2.24. The summed E-state index contributed by atoms with van der Waals surface area (Å²) in [7, 11) is 0. The molecule has 0 saturated heterocycles. The number of benzene rings is 1. The molecule has 0 aliphatic rings. The number of carbonyl (C=O) groups excluding carboxylic acids is 1. The highest BCUT2D eigenvalue weighted by Crippen LogP contribution is 2.18. The second-order valence-electron chi connectivity index (χ2n) is 3.14. The molecule has 1 heterocycles. The van der Waals surface area contributed by atoms with Crippen molar-refractivity contribution in [3.05, 3.63) is 36.0 Å². The van der Waals surface area contributed by atoms with Gasteiger partial charge in [-0.05, 0) is 31.2 Å². The number of nitrogens with zero attached hydrogens (tertiary/aromatic N) is 2. The number of ether oxygens (including phenoxy) is 1. The third-order valence-electron chi connectivity index (χ3n) is 1.97. The van der Waals surface area contributed by atoms with E-state index in [0.29, 0.717) is 5.56 Å². The lowest BCUT2D eigenvalue weighted by Gasteiger charge is -1.95. The largest absolute Gasteiger partial charge is 0.459 e. The molecule has 88 valence electrons. The van der Waals surface area contributed by atoms with E-state index in [1.165, 1.54) is 24.3 Å². The first-order valence-corrected chi connectivity index (χ1v) is 4.97. The number of aromatic nitrogens is 2. The molecule has 2 rings (SSSR count). The molecule has 0 fully saturated rings. The predicted octanol–water partition coefficient (Wildman–Crippen LogP) is 2.05. The molecule has 0 saturated carbocycles. The van der Waals surface area contributed by atoms with Crippen molar-refractivity contribution >= 4 is 5.97 Å². The maximum atomic E-state index is 12.7. The maximum absolute atomic E-state index is 12.7. The van der Waals surface area contributed by atoms with E-state index in [0.717, 1.165) is 0 Å². The average Bonchev–Trinajstić information content (AvgIpc) is 2.80. The Morgan fingerprint density at radius 2 is 2.06 bits per heavy atom. The maximum Gasteiger partial charge on any atom is 0.396 e. The summed E-state index contributed by atoms with van der Waals surface area (Å²) in [6.45, 7) is 1.91. The quantitative estimate of drug-likeness (QED) is 0.763. The van der Waals surface area contributed by atoms with E-state index in [4.69, 9.17) is 9.15 Å². The number of carbonyl (C=O) groups is 1. The van der Waals surface area contributed by atoms with Gasteiger partial charge >= 0.3 is 11.9 Å². The van der Waals surface area contributed by atoms with Gasteiger partial charge in [0, 0.05) is 5.56 Å². The third kappa shape index (κ3) is 2.47. The normalized spacial score (nSPS) is 10.2. The number of halogens is 1. The zero-order valence-corrected chi connectivity index (χ0v) is 9.01. The molecule has 1 aromatic heterocycles. The van der Waals surface area contributed by atoms with E-state index in [-0.39, 0.29) is 24.2 Å². The van der Waals surface area contributed by atoms with Crippen LogP contribution in [0.3, 0.4) is 0 Å². The first-order valence-electron chi connectivity index (χ1n) is 4.97. The van der Waals surface area contributed by atoms with Crippen molar-refractivity contribution < 1.29 is 18.3 Å². The summed E-state index contributed by atoms with van der Waals surface area (Å²) in [5, 5.41) is 7.23. The molecule has 17 heavy (non-hydrogen) atoms. The summed E-state index contributed by atoms with van der Waals surface area (Å²) in [5.74, 6) is -1.11. The molecule has 0 bridgehead atoms. The molecule has 0 unspecified atom stereocenters. The second kappa shape index (κ2) is 4.73. The van der Waals surface area contributed by atoms with Crippen LogP contribution in [0, 0.1) is 5.82 Å². The van der Waals surface area contributed by atoms with Crippen molar-refractivity contribution in [3.63, 3.8) is 0 Å². The topological polar surface area (TPSA) is 65.2 Å². The Labute approximate surface area is 96.2 Å². The Kier molecular flexibility index (Phi) is 3.13.